The molecule has 0 bridgehead atoms. The highest BCUT2D eigenvalue weighted by atomic mass is 16.5. The molecule has 1 heterocycles. The Morgan fingerprint density at radius 2 is 2.12 bits per heavy atom. The lowest BCUT2D eigenvalue weighted by molar-refractivity contribution is 0.179. The van der Waals surface area contributed by atoms with Gasteiger partial charge in [-0.2, -0.15) is 0 Å². The van der Waals surface area contributed by atoms with Crippen LogP contribution in [0.2, 0.25) is 0 Å². The van der Waals surface area contributed by atoms with Crippen molar-refractivity contribution in [2.45, 2.75) is 32.4 Å². The SMILES string of the molecule is CC(C)Oc1ccccc1C(N)C1CCOC1. The number of para-hydroxylation sites is 1. The van der Waals surface area contributed by atoms with Gasteiger partial charge in [0.1, 0.15) is 5.75 Å². The van der Waals surface area contributed by atoms with Crippen LogP contribution in [0, 0.1) is 5.92 Å². The van der Waals surface area contributed by atoms with E-state index in [9.17, 15) is 0 Å². The first kappa shape index (κ1) is 12.4. The summed E-state index contributed by atoms with van der Waals surface area (Å²) in [6, 6.07) is 8.05. The molecule has 2 unspecified atom stereocenters. The molecule has 17 heavy (non-hydrogen) atoms. The standard InChI is InChI=1S/C14H21NO2/c1-10(2)17-13-6-4-3-5-12(13)14(15)11-7-8-16-9-11/h3-6,10-11,14H,7-9,15H2,1-2H3. The van der Waals surface area contributed by atoms with E-state index < -0.39 is 0 Å². The summed E-state index contributed by atoms with van der Waals surface area (Å²) in [5, 5.41) is 0. The predicted octanol–water partition coefficient (Wildman–Crippen LogP) is 2.51. The maximum absolute atomic E-state index is 6.32. The summed E-state index contributed by atoms with van der Waals surface area (Å²) < 4.78 is 11.2. The fourth-order valence-electron chi connectivity index (χ4n) is 2.21. The first-order chi connectivity index (χ1) is 8.18. The fourth-order valence-corrected chi connectivity index (χ4v) is 2.21. The Hall–Kier alpha value is -1.06. The van der Waals surface area contributed by atoms with E-state index in [-0.39, 0.29) is 12.1 Å². The molecule has 94 valence electrons. The zero-order valence-corrected chi connectivity index (χ0v) is 10.6. The summed E-state index contributed by atoms with van der Waals surface area (Å²) in [6.45, 7) is 5.64. The van der Waals surface area contributed by atoms with E-state index in [0.717, 1.165) is 30.9 Å². The lowest BCUT2D eigenvalue weighted by Gasteiger charge is -2.22. The molecule has 2 N–H and O–H groups in total. The smallest absolute Gasteiger partial charge is 0.124 e. The van der Waals surface area contributed by atoms with E-state index in [2.05, 4.69) is 6.07 Å². The molecule has 0 amide bonds. The van der Waals surface area contributed by atoms with Crippen molar-refractivity contribution in [1.29, 1.82) is 0 Å². The average molecular weight is 235 g/mol. The van der Waals surface area contributed by atoms with Crippen LogP contribution in [-0.2, 0) is 4.74 Å². The number of hydrogen-bond acceptors (Lipinski definition) is 3. The van der Waals surface area contributed by atoms with E-state index >= 15 is 0 Å². The largest absolute Gasteiger partial charge is 0.491 e. The van der Waals surface area contributed by atoms with Gasteiger partial charge in [0.25, 0.3) is 0 Å². The second-order valence-corrected chi connectivity index (χ2v) is 4.85. The molecule has 1 fully saturated rings. The number of benzene rings is 1. The molecule has 0 aliphatic carbocycles. The molecule has 3 heteroatoms. The van der Waals surface area contributed by atoms with E-state index in [1.807, 2.05) is 32.0 Å². The Balaban J connectivity index is 2.18. The number of rotatable bonds is 4. The highest BCUT2D eigenvalue weighted by Gasteiger charge is 2.26. The van der Waals surface area contributed by atoms with Gasteiger partial charge in [0.05, 0.1) is 12.7 Å². The van der Waals surface area contributed by atoms with Crippen molar-refractivity contribution < 1.29 is 9.47 Å². The number of nitrogens with two attached hydrogens (primary N) is 1. The molecular formula is C14H21NO2. The Bertz CT molecular complexity index is 359. The van der Waals surface area contributed by atoms with Crippen LogP contribution in [-0.4, -0.2) is 19.3 Å². The van der Waals surface area contributed by atoms with Crippen molar-refractivity contribution in [3.63, 3.8) is 0 Å². The first-order valence-electron chi connectivity index (χ1n) is 6.27. The van der Waals surface area contributed by atoms with Crippen molar-refractivity contribution in [3.05, 3.63) is 29.8 Å². The summed E-state index contributed by atoms with van der Waals surface area (Å²) >= 11 is 0. The summed E-state index contributed by atoms with van der Waals surface area (Å²) in [4.78, 5) is 0. The zero-order chi connectivity index (χ0) is 12.3. The Labute approximate surface area is 103 Å². The van der Waals surface area contributed by atoms with Gasteiger partial charge in [-0.15, -0.1) is 0 Å². The third-order valence-electron chi connectivity index (χ3n) is 3.11. The topological polar surface area (TPSA) is 44.5 Å². The van der Waals surface area contributed by atoms with Crippen molar-refractivity contribution >= 4 is 0 Å². The predicted molar refractivity (Wildman–Crippen MR) is 68.1 cm³/mol. The molecule has 1 saturated heterocycles. The van der Waals surface area contributed by atoms with Gasteiger partial charge in [-0.25, -0.2) is 0 Å². The van der Waals surface area contributed by atoms with Gasteiger partial charge >= 0.3 is 0 Å². The van der Waals surface area contributed by atoms with Crippen molar-refractivity contribution in [1.82, 2.24) is 0 Å². The van der Waals surface area contributed by atoms with Crippen molar-refractivity contribution in [2.24, 2.45) is 11.7 Å². The minimum Gasteiger partial charge on any atom is -0.491 e. The van der Waals surface area contributed by atoms with Crippen LogP contribution in [0.25, 0.3) is 0 Å². The van der Waals surface area contributed by atoms with Crippen LogP contribution in [0.1, 0.15) is 31.9 Å². The summed E-state index contributed by atoms with van der Waals surface area (Å²) in [6.07, 6.45) is 1.21. The molecule has 3 nitrogen and oxygen atoms in total. The zero-order valence-electron chi connectivity index (χ0n) is 10.6. The maximum Gasteiger partial charge on any atom is 0.124 e. The maximum atomic E-state index is 6.32. The van der Waals surface area contributed by atoms with Crippen LogP contribution in [0.3, 0.4) is 0 Å². The minimum atomic E-state index is 0.00690. The first-order valence-corrected chi connectivity index (χ1v) is 6.27. The Kier molecular flexibility index (Phi) is 4.02. The molecule has 1 aromatic carbocycles. The fraction of sp³-hybridized carbons (Fsp3) is 0.571. The summed E-state index contributed by atoms with van der Waals surface area (Å²) in [5.74, 6) is 1.31. The molecular weight excluding hydrogens is 214 g/mol. The number of hydrogen-bond donors (Lipinski definition) is 1. The van der Waals surface area contributed by atoms with Crippen molar-refractivity contribution in [3.8, 4) is 5.75 Å². The van der Waals surface area contributed by atoms with Gasteiger partial charge < -0.3 is 15.2 Å². The monoisotopic (exact) mass is 235 g/mol. The Morgan fingerprint density at radius 3 is 2.76 bits per heavy atom. The van der Waals surface area contributed by atoms with Crippen LogP contribution in [0.5, 0.6) is 5.75 Å². The second-order valence-electron chi connectivity index (χ2n) is 4.85. The van der Waals surface area contributed by atoms with E-state index in [4.69, 9.17) is 15.2 Å². The highest BCUT2D eigenvalue weighted by Crippen LogP contribution is 2.32. The molecule has 1 aromatic rings. The van der Waals surface area contributed by atoms with Crippen LogP contribution in [0.4, 0.5) is 0 Å². The van der Waals surface area contributed by atoms with Gasteiger partial charge in [-0.05, 0) is 26.3 Å². The molecule has 0 aromatic heterocycles. The normalized spacial score (nSPS) is 21.8. The van der Waals surface area contributed by atoms with Gasteiger partial charge in [-0.3, -0.25) is 0 Å². The van der Waals surface area contributed by atoms with Gasteiger partial charge in [-0.1, -0.05) is 18.2 Å². The van der Waals surface area contributed by atoms with Crippen LogP contribution < -0.4 is 10.5 Å². The third-order valence-corrected chi connectivity index (χ3v) is 3.11. The third kappa shape index (κ3) is 2.99. The van der Waals surface area contributed by atoms with E-state index in [1.54, 1.807) is 0 Å². The van der Waals surface area contributed by atoms with E-state index in [1.165, 1.54) is 0 Å². The molecule has 1 aliphatic rings. The summed E-state index contributed by atoms with van der Waals surface area (Å²) in [7, 11) is 0. The molecule has 2 rings (SSSR count). The lowest BCUT2D eigenvalue weighted by atomic mass is 9.92. The lowest BCUT2D eigenvalue weighted by Crippen LogP contribution is -2.23. The number of ether oxygens (including phenoxy) is 2. The van der Waals surface area contributed by atoms with Crippen LogP contribution >= 0.6 is 0 Å². The van der Waals surface area contributed by atoms with Gasteiger partial charge in [0.15, 0.2) is 0 Å². The molecule has 0 saturated carbocycles. The average Bonchev–Trinajstić information content (AvgIpc) is 2.81. The van der Waals surface area contributed by atoms with Crippen LogP contribution in [0.15, 0.2) is 24.3 Å². The van der Waals surface area contributed by atoms with Gasteiger partial charge in [0, 0.05) is 24.1 Å². The van der Waals surface area contributed by atoms with Gasteiger partial charge in [0.2, 0.25) is 0 Å². The molecule has 0 spiro atoms. The quantitative estimate of drug-likeness (QED) is 0.872. The minimum absolute atomic E-state index is 0.00690. The molecule has 2 atom stereocenters. The molecule has 1 aliphatic heterocycles. The second kappa shape index (κ2) is 5.52. The Morgan fingerprint density at radius 1 is 1.35 bits per heavy atom. The summed E-state index contributed by atoms with van der Waals surface area (Å²) in [5.41, 5.74) is 7.41. The van der Waals surface area contributed by atoms with Crippen molar-refractivity contribution in [2.75, 3.05) is 13.2 Å². The van der Waals surface area contributed by atoms with E-state index in [0.29, 0.717) is 5.92 Å². The molecule has 0 radical (unpaired) electrons. The highest BCUT2D eigenvalue weighted by molar-refractivity contribution is 5.36.